The van der Waals surface area contributed by atoms with E-state index in [0.29, 0.717) is 3.70 Å². The maximum atomic E-state index is 12.3. The fourth-order valence-electron chi connectivity index (χ4n) is 0.850. The molecule has 74 valence electrons. The number of hydrogen-bond acceptors (Lipinski definition) is 2. The van der Waals surface area contributed by atoms with Crippen molar-refractivity contribution < 1.29 is 17.9 Å². The second-order valence-corrected chi connectivity index (χ2v) is 3.32. The Hall–Kier alpha value is -0.470. The summed E-state index contributed by atoms with van der Waals surface area (Å²) in [6, 6.07) is 0. The Morgan fingerprint density at radius 1 is 1.46 bits per heavy atom. The van der Waals surface area contributed by atoms with Gasteiger partial charge in [0, 0.05) is 7.05 Å². The summed E-state index contributed by atoms with van der Waals surface area (Å²) in [7, 11) is 2.62. The first kappa shape index (κ1) is 10.6. The van der Waals surface area contributed by atoms with Gasteiger partial charge >= 0.3 is 6.18 Å². The zero-order valence-electron chi connectivity index (χ0n) is 6.81. The topological polar surface area (TPSA) is 27.1 Å². The molecule has 1 aromatic heterocycles. The number of rotatable bonds is 1. The summed E-state index contributed by atoms with van der Waals surface area (Å²) in [5, 5.41) is 3.31. The Labute approximate surface area is 86.0 Å². The lowest BCUT2D eigenvalue weighted by Gasteiger charge is -2.04. The molecule has 0 bridgehead atoms. The molecule has 0 saturated carbocycles. The van der Waals surface area contributed by atoms with Gasteiger partial charge in [-0.3, -0.25) is 4.68 Å². The highest BCUT2D eigenvalue weighted by atomic mass is 127. The van der Waals surface area contributed by atoms with Crippen molar-refractivity contribution >= 4 is 22.6 Å². The van der Waals surface area contributed by atoms with Crippen LogP contribution in [0.25, 0.3) is 0 Å². The van der Waals surface area contributed by atoms with Gasteiger partial charge < -0.3 is 4.74 Å². The molecule has 13 heavy (non-hydrogen) atoms. The fourth-order valence-corrected chi connectivity index (χ4v) is 1.43. The van der Waals surface area contributed by atoms with Gasteiger partial charge in [-0.1, -0.05) is 0 Å². The van der Waals surface area contributed by atoms with Crippen molar-refractivity contribution in [3.63, 3.8) is 0 Å². The van der Waals surface area contributed by atoms with Gasteiger partial charge in [-0.2, -0.15) is 18.3 Å². The van der Waals surface area contributed by atoms with Gasteiger partial charge in [0.1, 0.15) is 3.70 Å². The monoisotopic (exact) mass is 306 g/mol. The number of methoxy groups -OCH3 is 1. The first-order chi connectivity index (χ1) is 5.88. The number of aryl methyl sites for hydroxylation is 1. The predicted octanol–water partition coefficient (Wildman–Crippen LogP) is 2.05. The Balaban J connectivity index is 3.30. The van der Waals surface area contributed by atoms with Crippen LogP contribution in [0, 0.1) is 3.70 Å². The van der Waals surface area contributed by atoms with Gasteiger partial charge in [-0.05, 0) is 22.6 Å². The smallest absolute Gasteiger partial charge is 0.438 e. The SMILES string of the molecule is COc1c(C(F)(F)F)nn(C)c1I. The largest absolute Gasteiger partial charge is 0.492 e. The van der Waals surface area contributed by atoms with E-state index in [1.807, 2.05) is 0 Å². The summed E-state index contributed by atoms with van der Waals surface area (Å²) in [6.07, 6.45) is -4.47. The Kier molecular flexibility index (Phi) is 2.74. The van der Waals surface area contributed by atoms with Crippen LogP contribution in [0.1, 0.15) is 5.69 Å². The number of aromatic nitrogens is 2. The van der Waals surface area contributed by atoms with E-state index in [4.69, 9.17) is 0 Å². The van der Waals surface area contributed by atoms with Gasteiger partial charge in [-0.15, -0.1) is 0 Å². The molecule has 1 aromatic rings. The van der Waals surface area contributed by atoms with Gasteiger partial charge in [0.25, 0.3) is 0 Å². The number of nitrogens with zero attached hydrogens (tertiary/aromatic N) is 2. The lowest BCUT2D eigenvalue weighted by molar-refractivity contribution is -0.142. The first-order valence-corrected chi connectivity index (χ1v) is 4.29. The number of hydrogen-bond donors (Lipinski definition) is 0. The summed E-state index contributed by atoms with van der Waals surface area (Å²) >= 11 is 1.74. The highest BCUT2D eigenvalue weighted by Gasteiger charge is 2.39. The van der Waals surface area contributed by atoms with E-state index in [9.17, 15) is 13.2 Å². The molecule has 0 radical (unpaired) electrons. The third-order valence-corrected chi connectivity index (χ3v) is 2.60. The summed E-state index contributed by atoms with van der Waals surface area (Å²) < 4.78 is 42.9. The molecule has 0 aromatic carbocycles. The van der Waals surface area contributed by atoms with E-state index in [1.54, 1.807) is 22.6 Å². The minimum Gasteiger partial charge on any atom is -0.492 e. The first-order valence-electron chi connectivity index (χ1n) is 3.21. The summed E-state index contributed by atoms with van der Waals surface area (Å²) in [5.41, 5.74) is -0.984. The summed E-state index contributed by atoms with van der Waals surface area (Å²) in [4.78, 5) is 0. The van der Waals surface area contributed by atoms with Crippen molar-refractivity contribution in [2.24, 2.45) is 7.05 Å². The summed E-state index contributed by atoms with van der Waals surface area (Å²) in [6.45, 7) is 0. The molecule has 0 atom stereocenters. The molecule has 0 saturated heterocycles. The third-order valence-electron chi connectivity index (χ3n) is 1.41. The normalized spacial score (nSPS) is 11.8. The van der Waals surface area contributed by atoms with Crippen molar-refractivity contribution in [2.45, 2.75) is 6.18 Å². The Morgan fingerprint density at radius 2 is 2.00 bits per heavy atom. The Bertz CT molecular complexity index is 320. The molecule has 1 heterocycles. The van der Waals surface area contributed by atoms with Crippen LogP contribution < -0.4 is 4.74 Å². The number of ether oxygens (including phenoxy) is 1. The minimum atomic E-state index is -4.47. The number of halogens is 4. The standard InChI is InChI=1S/C6H6F3IN2O/c1-12-5(10)3(13-2)4(11-12)6(7,8)9/h1-2H3. The van der Waals surface area contributed by atoms with Gasteiger partial charge in [0.05, 0.1) is 7.11 Å². The highest BCUT2D eigenvalue weighted by Crippen LogP contribution is 2.37. The minimum absolute atomic E-state index is 0.226. The van der Waals surface area contributed by atoms with E-state index >= 15 is 0 Å². The molecule has 0 aliphatic rings. The zero-order valence-corrected chi connectivity index (χ0v) is 8.97. The number of alkyl halides is 3. The highest BCUT2D eigenvalue weighted by molar-refractivity contribution is 14.1. The maximum Gasteiger partial charge on any atom is 0.438 e. The molecular weight excluding hydrogens is 300 g/mol. The van der Waals surface area contributed by atoms with Crippen LogP contribution in [0.3, 0.4) is 0 Å². The Morgan fingerprint density at radius 3 is 2.31 bits per heavy atom. The molecule has 0 spiro atoms. The van der Waals surface area contributed by atoms with Crippen molar-refractivity contribution in [3.8, 4) is 5.75 Å². The fraction of sp³-hybridized carbons (Fsp3) is 0.500. The second-order valence-electron chi connectivity index (χ2n) is 2.29. The molecule has 3 nitrogen and oxygen atoms in total. The van der Waals surface area contributed by atoms with E-state index < -0.39 is 11.9 Å². The van der Waals surface area contributed by atoms with Crippen molar-refractivity contribution in [1.29, 1.82) is 0 Å². The molecule has 0 aliphatic carbocycles. The molecule has 7 heteroatoms. The second kappa shape index (κ2) is 3.35. The van der Waals surface area contributed by atoms with Gasteiger partial charge in [0.15, 0.2) is 5.75 Å². The van der Waals surface area contributed by atoms with Crippen LogP contribution in [-0.2, 0) is 13.2 Å². The van der Waals surface area contributed by atoms with Gasteiger partial charge in [0.2, 0.25) is 5.69 Å². The van der Waals surface area contributed by atoms with E-state index in [-0.39, 0.29) is 5.75 Å². The van der Waals surface area contributed by atoms with Crippen LogP contribution in [0.5, 0.6) is 5.75 Å². The van der Waals surface area contributed by atoms with Crippen LogP contribution >= 0.6 is 22.6 Å². The van der Waals surface area contributed by atoms with Crippen LogP contribution in [0.2, 0.25) is 0 Å². The molecule has 0 unspecified atom stereocenters. The van der Waals surface area contributed by atoms with Gasteiger partial charge in [-0.25, -0.2) is 0 Å². The summed E-state index contributed by atoms with van der Waals surface area (Å²) in [5.74, 6) is -0.226. The maximum absolute atomic E-state index is 12.3. The molecular formula is C6H6F3IN2O. The molecule has 0 amide bonds. The van der Waals surface area contributed by atoms with Crippen molar-refractivity contribution in [3.05, 3.63) is 9.39 Å². The quantitative estimate of drug-likeness (QED) is 0.743. The van der Waals surface area contributed by atoms with E-state index in [0.717, 1.165) is 4.68 Å². The molecule has 0 N–H and O–H groups in total. The van der Waals surface area contributed by atoms with Crippen LogP contribution in [0.15, 0.2) is 0 Å². The lowest BCUT2D eigenvalue weighted by Crippen LogP contribution is -2.08. The third kappa shape index (κ3) is 1.89. The zero-order chi connectivity index (χ0) is 10.2. The lowest BCUT2D eigenvalue weighted by atomic mass is 10.4. The van der Waals surface area contributed by atoms with Crippen molar-refractivity contribution in [2.75, 3.05) is 7.11 Å². The molecule has 1 rings (SSSR count). The average molecular weight is 306 g/mol. The molecule has 0 fully saturated rings. The van der Waals surface area contributed by atoms with Crippen molar-refractivity contribution in [1.82, 2.24) is 9.78 Å². The molecule has 0 aliphatic heterocycles. The average Bonchev–Trinajstić information content (AvgIpc) is 2.28. The van der Waals surface area contributed by atoms with Crippen LogP contribution in [0.4, 0.5) is 13.2 Å². The van der Waals surface area contributed by atoms with Crippen LogP contribution in [-0.4, -0.2) is 16.9 Å². The van der Waals surface area contributed by atoms with E-state index in [2.05, 4.69) is 9.84 Å². The van der Waals surface area contributed by atoms with E-state index in [1.165, 1.54) is 14.2 Å². The predicted molar refractivity (Wildman–Crippen MR) is 47.5 cm³/mol.